The fraction of sp³-hybridized carbons (Fsp3) is 0.778. The van der Waals surface area contributed by atoms with E-state index in [-0.39, 0.29) is 5.38 Å². The zero-order chi connectivity index (χ0) is 7.68. The summed E-state index contributed by atoms with van der Waals surface area (Å²) in [5.41, 5.74) is 1.45. The maximum absolute atomic E-state index is 6.00. The molecule has 0 aromatic carbocycles. The lowest BCUT2D eigenvalue weighted by Gasteiger charge is -2.30. The van der Waals surface area contributed by atoms with Gasteiger partial charge in [-0.15, -0.1) is 11.6 Å². The molecule has 1 nitrogen and oxygen atoms in total. The third-order valence-corrected chi connectivity index (χ3v) is 2.79. The molecule has 0 aromatic heterocycles. The van der Waals surface area contributed by atoms with Crippen LogP contribution in [0, 0.1) is 0 Å². The molecule has 2 heteroatoms. The molecule has 1 heterocycles. The monoisotopic (exact) mass is 172 g/mol. The molecule has 0 amide bonds. The smallest absolute Gasteiger partial charge is 0.0786 e. The Kier molecular flexibility index (Phi) is 2.19. The molecule has 0 saturated carbocycles. The molecular formula is C9H13ClO. The van der Waals surface area contributed by atoms with Crippen molar-refractivity contribution in [1.29, 1.82) is 0 Å². The van der Waals surface area contributed by atoms with Gasteiger partial charge >= 0.3 is 0 Å². The number of fused-ring (bicyclic) bond motifs is 1. The Morgan fingerprint density at radius 3 is 3.27 bits per heavy atom. The van der Waals surface area contributed by atoms with Gasteiger partial charge in [0.15, 0.2) is 0 Å². The second-order valence-electron chi connectivity index (χ2n) is 3.30. The fourth-order valence-corrected chi connectivity index (χ4v) is 2.14. The Hall–Kier alpha value is -0.0100. The summed E-state index contributed by atoms with van der Waals surface area (Å²) < 4.78 is 5.60. The molecule has 2 atom stereocenters. The van der Waals surface area contributed by atoms with E-state index in [4.69, 9.17) is 16.3 Å². The summed E-state index contributed by atoms with van der Waals surface area (Å²) >= 11 is 6.00. The first-order chi connectivity index (χ1) is 5.36. The second-order valence-corrected chi connectivity index (χ2v) is 3.86. The molecule has 0 bridgehead atoms. The van der Waals surface area contributed by atoms with Gasteiger partial charge in [-0.05, 0) is 31.3 Å². The highest BCUT2D eigenvalue weighted by molar-refractivity contribution is 6.21. The highest BCUT2D eigenvalue weighted by Crippen LogP contribution is 2.30. The molecule has 0 N–H and O–H groups in total. The van der Waals surface area contributed by atoms with Gasteiger partial charge in [-0.25, -0.2) is 0 Å². The van der Waals surface area contributed by atoms with Crippen molar-refractivity contribution in [3.05, 3.63) is 11.6 Å². The first kappa shape index (κ1) is 7.63. The minimum Gasteiger partial charge on any atom is -0.374 e. The molecule has 62 valence electrons. The van der Waals surface area contributed by atoms with E-state index in [0.29, 0.717) is 6.10 Å². The SMILES string of the molecule is Cl[C@@H]1C=C2CCCO[C@@H]2CC1. The van der Waals surface area contributed by atoms with Gasteiger partial charge in [0.2, 0.25) is 0 Å². The summed E-state index contributed by atoms with van der Waals surface area (Å²) in [6.45, 7) is 0.939. The Bertz CT molecular complexity index is 176. The van der Waals surface area contributed by atoms with Crippen molar-refractivity contribution in [3.8, 4) is 0 Å². The third kappa shape index (κ3) is 1.60. The van der Waals surface area contributed by atoms with Crippen LogP contribution in [0.1, 0.15) is 25.7 Å². The average molecular weight is 173 g/mol. The maximum atomic E-state index is 6.00. The number of allylic oxidation sites excluding steroid dienone is 1. The van der Waals surface area contributed by atoms with Crippen LogP contribution >= 0.6 is 11.6 Å². The Labute approximate surface area is 72.4 Å². The number of rotatable bonds is 0. The van der Waals surface area contributed by atoms with E-state index >= 15 is 0 Å². The van der Waals surface area contributed by atoms with E-state index in [1.807, 2.05) is 0 Å². The molecule has 1 aliphatic carbocycles. The molecule has 2 aliphatic rings. The molecule has 1 saturated heterocycles. The average Bonchev–Trinajstić information content (AvgIpc) is 2.04. The number of halogens is 1. The topological polar surface area (TPSA) is 9.23 Å². The van der Waals surface area contributed by atoms with Crippen LogP contribution in [-0.2, 0) is 4.74 Å². The van der Waals surface area contributed by atoms with Crippen molar-refractivity contribution in [1.82, 2.24) is 0 Å². The van der Waals surface area contributed by atoms with E-state index in [1.54, 1.807) is 0 Å². The van der Waals surface area contributed by atoms with E-state index in [0.717, 1.165) is 19.4 Å². The summed E-state index contributed by atoms with van der Waals surface area (Å²) in [6.07, 6.45) is 7.18. The lowest BCUT2D eigenvalue weighted by atomic mass is 9.91. The Morgan fingerprint density at radius 1 is 1.45 bits per heavy atom. The largest absolute Gasteiger partial charge is 0.374 e. The molecule has 2 rings (SSSR count). The lowest BCUT2D eigenvalue weighted by Crippen LogP contribution is -2.26. The minimum atomic E-state index is 0.267. The molecule has 1 aliphatic heterocycles. The molecule has 0 aromatic rings. The second kappa shape index (κ2) is 3.16. The van der Waals surface area contributed by atoms with Crippen LogP contribution in [0.5, 0.6) is 0 Å². The quantitative estimate of drug-likeness (QED) is 0.403. The van der Waals surface area contributed by atoms with Gasteiger partial charge in [-0.2, -0.15) is 0 Å². The van der Waals surface area contributed by atoms with Crippen molar-refractivity contribution in [3.63, 3.8) is 0 Å². The van der Waals surface area contributed by atoms with Crippen molar-refractivity contribution in [2.75, 3.05) is 6.61 Å². The van der Waals surface area contributed by atoms with Crippen molar-refractivity contribution in [2.24, 2.45) is 0 Å². The summed E-state index contributed by atoms with van der Waals surface area (Å²) in [5, 5.41) is 0.267. The van der Waals surface area contributed by atoms with Gasteiger partial charge in [-0.3, -0.25) is 0 Å². The predicted octanol–water partition coefficient (Wildman–Crippen LogP) is 2.49. The molecule has 0 unspecified atom stereocenters. The van der Waals surface area contributed by atoms with Crippen LogP contribution < -0.4 is 0 Å². The Morgan fingerprint density at radius 2 is 2.36 bits per heavy atom. The van der Waals surface area contributed by atoms with Gasteiger partial charge in [0.25, 0.3) is 0 Å². The van der Waals surface area contributed by atoms with Crippen molar-refractivity contribution >= 4 is 11.6 Å². The molecule has 1 fully saturated rings. The first-order valence-corrected chi connectivity index (χ1v) is 4.76. The van der Waals surface area contributed by atoms with Gasteiger partial charge in [-0.1, -0.05) is 6.08 Å². The molecule has 0 radical (unpaired) electrons. The minimum absolute atomic E-state index is 0.267. The number of ether oxygens (including phenoxy) is 1. The van der Waals surface area contributed by atoms with Crippen LogP contribution in [0.25, 0.3) is 0 Å². The lowest BCUT2D eigenvalue weighted by molar-refractivity contribution is 0.0430. The molecule has 11 heavy (non-hydrogen) atoms. The van der Waals surface area contributed by atoms with Crippen LogP contribution in [-0.4, -0.2) is 18.1 Å². The van der Waals surface area contributed by atoms with Crippen LogP contribution in [0.15, 0.2) is 11.6 Å². The van der Waals surface area contributed by atoms with Crippen molar-refractivity contribution in [2.45, 2.75) is 37.2 Å². The third-order valence-electron chi connectivity index (χ3n) is 2.44. The van der Waals surface area contributed by atoms with Crippen molar-refractivity contribution < 1.29 is 4.74 Å². The van der Waals surface area contributed by atoms with E-state index in [2.05, 4.69) is 6.08 Å². The number of hydrogen-bond acceptors (Lipinski definition) is 1. The van der Waals surface area contributed by atoms with E-state index in [9.17, 15) is 0 Å². The van der Waals surface area contributed by atoms with Gasteiger partial charge in [0.05, 0.1) is 11.5 Å². The van der Waals surface area contributed by atoms with Gasteiger partial charge in [0.1, 0.15) is 0 Å². The summed E-state index contributed by atoms with van der Waals surface area (Å²) in [7, 11) is 0. The normalized spacial score (nSPS) is 37.7. The highest BCUT2D eigenvalue weighted by Gasteiger charge is 2.24. The zero-order valence-electron chi connectivity index (χ0n) is 6.55. The van der Waals surface area contributed by atoms with Gasteiger partial charge in [0, 0.05) is 6.61 Å². The number of alkyl halides is 1. The fourth-order valence-electron chi connectivity index (χ4n) is 1.86. The van der Waals surface area contributed by atoms with E-state index in [1.165, 1.54) is 18.4 Å². The van der Waals surface area contributed by atoms with Crippen LogP contribution in [0.3, 0.4) is 0 Å². The standard InChI is InChI=1S/C9H13ClO/c10-8-3-4-9-7(6-8)2-1-5-11-9/h6,8-9H,1-5H2/t8-,9+/m0/s1. The van der Waals surface area contributed by atoms with Crippen LogP contribution in [0.4, 0.5) is 0 Å². The highest BCUT2D eigenvalue weighted by atomic mass is 35.5. The Balaban J connectivity index is 2.10. The predicted molar refractivity (Wildman–Crippen MR) is 45.9 cm³/mol. The maximum Gasteiger partial charge on any atom is 0.0786 e. The van der Waals surface area contributed by atoms with Gasteiger partial charge < -0.3 is 4.74 Å². The first-order valence-electron chi connectivity index (χ1n) is 4.32. The van der Waals surface area contributed by atoms with E-state index < -0.39 is 0 Å². The molecular weight excluding hydrogens is 160 g/mol. The summed E-state index contributed by atoms with van der Waals surface area (Å²) in [4.78, 5) is 0. The summed E-state index contributed by atoms with van der Waals surface area (Å²) in [6, 6.07) is 0. The van der Waals surface area contributed by atoms with Crippen LogP contribution in [0.2, 0.25) is 0 Å². The molecule has 0 spiro atoms. The summed E-state index contributed by atoms with van der Waals surface area (Å²) in [5.74, 6) is 0. The zero-order valence-corrected chi connectivity index (χ0v) is 7.31. The number of hydrogen-bond donors (Lipinski definition) is 0.